The molecule has 2 aromatic heterocycles. The highest BCUT2D eigenvalue weighted by Gasteiger charge is 2.30. The molecule has 1 aliphatic heterocycles. The first kappa shape index (κ1) is 20.9. The predicted octanol–water partition coefficient (Wildman–Crippen LogP) is 4.55. The number of amides is 1. The van der Waals surface area contributed by atoms with Crippen LogP contribution in [0.25, 0.3) is 17.1 Å². The number of hydrogen-bond donors (Lipinski definition) is 0. The molecule has 0 N–H and O–H groups in total. The van der Waals surface area contributed by atoms with E-state index < -0.39 is 0 Å². The van der Waals surface area contributed by atoms with Gasteiger partial charge < -0.3 is 4.74 Å². The third-order valence-electron chi connectivity index (χ3n) is 5.89. The third kappa shape index (κ3) is 3.86. The number of hydrogen-bond acceptors (Lipinski definition) is 5. The highest BCUT2D eigenvalue weighted by molar-refractivity contribution is 6.00. The summed E-state index contributed by atoms with van der Waals surface area (Å²) < 4.78 is 7.39. The Labute approximate surface area is 192 Å². The molecule has 0 fully saturated rings. The molecular formula is C26H25N5O2. The third-order valence-corrected chi connectivity index (χ3v) is 5.89. The molecule has 0 aliphatic carbocycles. The average molecular weight is 440 g/mol. The highest BCUT2D eigenvalue weighted by Crippen LogP contribution is 2.37. The van der Waals surface area contributed by atoms with E-state index >= 15 is 0 Å². The number of anilines is 1. The molecule has 0 spiro atoms. The van der Waals surface area contributed by atoms with E-state index in [-0.39, 0.29) is 11.8 Å². The van der Waals surface area contributed by atoms with Gasteiger partial charge in [-0.05, 0) is 35.7 Å². The molecule has 2 aromatic carbocycles. The molecule has 4 aromatic rings. The Hall–Kier alpha value is -4.00. The van der Waals surface area contributed by atoms with Crippen LogP contribution in [0.5, 0.6) is 5.75 Å². The van der Waals surface area contributed by atoms with Gasteiger partial charge in [-0.2, -0.15) is 5.10 Å². The number of fused-ring (bicyclic) bond motifs is 1. The van der Waals surface area contributed by atoms with Crippen molar-refractivity contribution in [3.05, 3.63) is 83.8 Å². The van der Waals surface area contributed by atoms with E-state index in [1.165, 1.54) is 0 Å². The van der Waals surface area contributed by atoms with Crippen LogP contribution in [0.15, 0.2) is 67.1 Å². The fourth-order valence-corrected chi connectivity index (χ4v) is 4.30. The first-order chi connectivity index (χ1) is 16.0. The number of aromatic nitrogens is 4. The minimum Gasteiger partial charge on any atom is -0.496 e. The van der Waals surface area contributed by atoms with Crippen molar-refractivity contribution in [2.45, 2.75) is 32.7 Å². The fraction of sp³-hybridized carbons (Fsp3) is 0.231. The van der Waals surface area contributed by atoms with Gasteiger partial charge in [0.05, 0.1) is 25.8 Å². The van der Waals surface area contributed by atoms with Gasteiger partial charge in [0, 0.05) is 35.3 Å². The van der Waals surface area contributed by atoms with Gasteiger partial charge in [0.1, 0.15) is 11.6 Å². The fourth-order valence-electron chi connectivity index (χ4n) is 4.30. The number of nitrogens with zero attached hydrogens (tertiary/aromatic N) is 5. The smallest absolute Gasteiger partial charge is 0.233 e. The van der Waals surface area contributed by atoms with Crippen molar-refractivity contribution in [2.24, 2.45) is 0 Å². The molecule has 7 nitrogen and oxygen atoms in total. The van der Waals surface area contributed by atoms with Crippen LogP contribution < -0.4 is 9.64 Å². The lowest BCUT2D eigenvalue weighted by molar-refractivity contribution is -0.117. The second-order valence-electron chi connectivity index (χ2n) is 8.39. The van der Waals surface area contributed by atoms with E-state index in [9.17, 15) is 4.79 Å². The van der Waals surface area contributed by atoms with Crippen LogP contribution in [0.4, 0.5) is 5.82 Å². The van der Waals surface area contributed by atoms with Crippen LogP contribution in [0.2, 0.25) is 0 Å². The molecule has 0 atom stereocenters. The Balaban J connectivity index is 1.47. The molecule has 5 rings (SSSR count). The zero-order chi connectivity index (χ0) is 22.9. The molecule has 166 valence electrons. The predicted molar refractivity (Wildman–Crippen MR) is 127 cm³/mol. The van der Waals surface area contributed by atoms with Gasteiger partial charge >= 0.3 is 0 Å². The Morgan fingerprint density at radius 2 is 1.91 bits per heavy atom. The number of benzene rings is 2. The van der Waals surface area contributed by atoms with Crippen molar-refractivity contribution < 1.29 is 9.53 Å². The van der Waals surface area contributed by atoms with Crippen molar-refractivity contribution in [3.8, 4) is 22.8 Å². The molecule has 1 aliphatic rings. The van der Waals surface area contributed by atoms with E-state index in [1.54, 1.807) is 29.1 Å². The van der Waals surface area contributed by atoms with E-state index in [0.29, 0.717) is 24.6 Å². The summed E-state index contributed by atoms with van der Waals surface area (Å²) in [4.78, 5) is 24.0. The van der Waals surface area contributed by atoms with Gasteiger partial charge in [-0.25, -0.2) is 14.6 Å². The summed E-state index contributed by atoms with van der Waals surface area (Å²) in [6, 6.07) is 15.8. The molecule has 0 unspecified atom stereocenters. The normalized spacial score (nSPS) is 13.0. The van der Waals surface area contributed by atoms with Crippen LogP contribution >= 0.6 is 0 Å². The van der Waals surface area contributed by atoms with Crippen molar-refractivity contribution >= 4 is 11.7 Å². The maximum absolute atomic E-state index is 12.8. The van der Waals surface area contributed by atoms with Gasteiger partial charge in [-0.1, -0.05) is 38.1 Å². The quantitative estimate of drug-likeness (QED) is 0.441. The molecule has 1 amide bonds. The Morgan fingerprint density at radius 1 is 1.09 bits per heavy atom. The summed E-state index contributed by atoms with van der Waals surface area (Å²) in [6.45, 7) is 4.70. The van der Waals surface area contributed by atoms with Gasteiger partial charge in [0.2, 0.25) is 5.91 Å². The maximum Gasteiger partial charge on any atom is 0.233 e. The summed E-state index contributed by atoms with van der Waals surface area (Å²) in [5.74, 6) is 2.36. The first-order valence-electron chi connectivity index (χ1n) is 11.0. The standard InChI is InChI=1S/C26H25N5O2/c1-17(2)24-21(6-4-7-22(24)33-3)25-27-15-19-14-23(32)30(26(19)29-25)16-18-8-10-20(11-9-18)31-13-5-12-28-31/h4-13,15,17H,14,16H2,1-3H3. The van der Waals surface area contributed by atoms with E-state index in [1.807, 2.05) is 54.7 Å². The van der Waals surface area contributed by atoms with Gasteiger partial charge in [0.25, 0.3) is 0 Å². The second kappa shape index (κ2) is 8.50. The monoisotopic (exact) mass is 439 g/mol. The van der Waals surface area contributed by atoms with Crippen LogP contribution in [0.3, 0.4) is 0 Å². The van der Waals surface area contributed by atoms with E-state index in [2.05, 4.69) is 23.9 Å². The van der Waals surface area contributed by atoms with Crippen LogP contribution in [-0.4, -0.2) is 32.8 Å². The number of ether oxygens (including phenoxy) is 1. The Morgan fingerprint density at radius 3 is 2.61 bits per heavy atom. The summed E-state index contributed by atoms with van der Waals surface area (Å²) in [6.07, 6.45) is 5.74. The lowest BCUT2D eigenvalue weighted by atomic mass is 9.95. The SMILES string of the molecule is COc1cccc(-c2ncc3c(n2)N(Cc2ccc(-n4cccn4)cc2)C(=O)C3)c1C(C)C. The summed E-state index contributed by atoms with van der Waals surface area (Å²) in [7, 11) is 1.67. The summed E-state index contributed by atoms with van der Waals surface area (Å²) in [5, 5.41) is 4.26. The topological polar surface area (TPSA) is 73.1 Å². The zero-order valence-corrected chi connectivity index (χ0v) is 18.9. The number of carbonyl (C=O) groups is 1. The average Bonchev–Trinajstić information content (AvgIpc) is 3.47. The van der Waals surface area contributed by atoms with E-state index in [0.717, 1.165) is 33.7 Å². The minimum atomic E-state index is 0.0299. The van der Waals surface area contributed by atoms with Crippen LogP contribution in [0.1, 0.15) is 36.5 Å². The molecule has 33 heavy (non-hydrogen) atoms. The van der Waals surface area contributed by atoms with Gasteiger partial charge in [-0.3, -0.25) is 9.69 Å². The van der Waals surface area contributed by atoms with Crippen LogP contribution in [0, 0.1) is 0 Å². The van der Waals surface area contributed by atoms with Gasteiger partial charge in [0.15, 0.2) is 5.82 Å². The summed E-state index contributed by atoms with van der Waals surface area (Å²) in [5.41, 5.74) is 4.84. The van der Waals surface area contributed by atoms with Crippen molar-refractivity contribution in [3.63, 3.8) is 0 Å². The lowest BCUT2D eigenvalue weighted by Gasteiger charge is -2.19. The summed E-state index contributed by atoms with van der Waals surface area (Å²) >= 11 is 0. The molecule has 0 radical (unpaired) electrons. The molecular weight excluding hydrogens is 414 g/mol. The maximum atomic E-state index is 12.8. The highest BCUT2D eigenvalue weighted by atomic mass is 16.5. The molecule has 0 saturated carbocycles. The molecule has 0 bridgehead atoms. The zero-order valence-electron chi connectivity index (χ0n) is 18.9. The molecule has 7 heteroatoms. The number of rotatable bonds is 6. The largest absolute Gasteiger partial charge is 0.496 e. The second-order valence-corrected chi connectivity index (χ2v) is 8.39. The number of carbonyl (C=O) groups excluding carboxylic acids is 1. The lowest BCUT2D eigenvalue weighted by Crippen LogP contribution is -2.26. The van der Waals surface area contributed by atoms with Crippen molar-refractivity contribution in [1.82, 2.24) is 19.7 Å². The minimum absolute atomic E-state index is 0.0299. The van der Waals surface area contributed by atoms with Crippen molar-refractivity contribution in [2.75, 3.05) is 12.0 Å². The van der Waals surface area contributed by atoms with Crippen molar-refractivity contribution in [1.29, 1.82) is 0 Å². The number of methoxy groups -OCH3 is 1. The van der Waals surface area contributed by atoms with E-state index in [4.69, 9.17) is 9.72 Å². The Kier molecular flexibility index (Phi) is 5.38. The Bertz CT molecular complexity index is 1300. The molecule has 0 saturated heterocycles. The van der Waals surface area contributed by atoms with Gasteiger partial charge in [-0.15, -0.1) is 0 Å². The molecule has 3 heterocycles. The first-order valence-corrected chi connectivity index (χ1v) is 11.0. The van der Waals surface area contributed by atoms with Crippen LogP contribution in [-0.2, 0) is 17.8 Å².